The smallest absolute Gasteiger partial charge is 0.235 e. The third-order valence-corrected chi connectivity index (χ3v) is 9.17. The van der Waals surface area contributed by atoms with Gasteiger partial charge in [0.2, 0.25) is 5.91 Å². The van der Waals surface area contributed by atoms with Crippen molar-refractivity contribution in [3.8, 4) is 17.2 Å². The molecule has 0 radical (unpaired) electrons. The summed E-state index contributed by atoms with van der Waals surface area (Å²) < 4.78 is 10.7. The van der Waals surface area contributed by atoms with Crippen LogP contribution >= 0.6 is 0 Å². The number of carbonyl (C=O) groups is 5. The standard InChI is InChI=1S/C31H34N2O9/c1-33(2)25-18-13-16-12-17-15(7-5-14-6-10-20(41-3)21(11-14)42-4)8-9-19(34)23(17)26(35)22(16)28(37)31(18,40)29(38)24(27(25)36)30(32)39/h6,8-11,16,18,22,24-25,34,40H,5,7,12-13H2,1-4H3,(H2,32,39)/t16-,18-,22?,24?,25-,31-/m0/s1. The number of likely N-dealkylation sites (N-methyl/N-ethyl adjacent to an activating group) is 1. The number of aryl methyl sites for hydroxylation is 2. The molecule has 0 spiro atoms. The number of hydrogen-bond acceptors (Lipinski definition) is 10. The molecule has 2 aromatic carbocycles. The van der Waals surface area contributed by atoms with Gasteiger partial charge >= 0.3 is 0 Å². The zero-order valence-corrected chi connectivity index (χ0v) is 23.9. The summed E-state index contributed by atoms with van der Waals surface area (Å²) in [6.45, 7) is 0. The maximum Gasteiger partial charge on any atom is 0.235 e. The Morgan fingerprint density at radius 1 is 1.02 bits per heavy atom. The fourth-order valence-electron chi connectivity index (χ4n) is 7.22. The zero-order valence-electron chi connectivity index (χ0n) is 23.9. The SMILES string of the molecule is COc1ccc(CCc2ccc(O)c3c2C[C@H]2C[C@H]4[C@H](N(C)C)C(=O)C(C(N)=O)C(=O)[C@@]4(O)C(=O)C2C3=O)cc1OC. The van der Waals surface area contributed by atoms with Gasteiger partial charge in [0.15, 0.2) is 46.2 Å². The maximum absolute atomic E-state index is 13.9. The van der Waals surface area contributed by atoms with E-state index < -0.39 is 64.4 Å². The van der Waals surface area contributed by atoms with Gasteiger partial charge in [-0.25, -0.2) is 0 Å². The minimum Gasteiger partial charge on any atom is -0.507 e. The predicted octanol–water partition coefficient (Wildman–Crippen LogP) is 0.669. The van der Waals surface area contributed by atoms with Crippen LogP contribution in [0.25, 0.3) is 0 Å². The van der Waals surface area contributed by atoms with Crippen molar-refractivity contribution in [3.05, 3.63) is 52.6 Å². The molecule has 0 aliphatic heterocycles. The molecule has 0 aromatic heterocycles. The summed E-state index contributed by atoms with van der Waals surface area (Å²) in [6, 6.07) is 7.60. The topological polar surface area (TPSA) is 174 Å². The lowest BCUT2D eigenvalue weighted by Crippen LogP contribution is -2.74. The highest BCUT2D eigenvalue weighted by Gasteiger charge is 2.69. The summed E-state index contributed by atoms with van der Waals surface area (Å²) in [5.41, 5.74) is 4.99. The Morgan fingerprint density at radius 2 is 1.71 bits per heavy atom. The molecular weight excluding hydrogens is 544 g/mol. The molecule has 6 atom stereocenters. The molecule has 5 rings (SSSR count). The van der Waals surface area contributed by atoms with Crippen molar-refractivity contribution in [2.45, 2.75) is 37.3 Å². The second kappa shape index (κ2) is 10.6. The van der Waals surface area contributed by atoms with Crippen LogP contribution in [-0.4, -0.2) is 84.1 Å². The van der Waals surface area contributed by atoms with Gasteiger partial charge < -0.3 is 25.4 Å². The van der Waals surface area contributed by atoms with Crippen molar-refractivity contribution < 1.29 is 43.7 Å². The number of carbonyl (C=O) groups excluding carboxylic acids is 5. The fourth-order valence-corrected chi connectivity index (χ4v) is 7.22. The van der Waals surface area contributed by atoms with Crippen molar-refractivity contribution in [1.82, 2.24) is 4.90 Å². The number of benzene rings is 2. The van der Waals surface area contributed by atoms with Gasteiger partial charge in [-0.05, 0) is 80.6 Å². The van der Waals surface area contributed by atoms with Gasteiger partial charge in [0, 0.05) is 5.92 Å². The molecule has 2 saturated carbocycles. The monoisotopic (exact) mass is 578 g/mol. The largest absolute Gasteiger partial charge is 0.507 e. The highest BCUT2D eigenvalue weighted by atomic mass is 16.5. The fraction of sp³-hybridized carbons (Fsp3) is 0.452. The average Bonchev–Trinajstić information content (AvgIpc) is 2.94. The summed E-state index contributed by atoms with van der Waals surface area (Å²) >= 11 is 0. The number of primary amides is 1. The molecule has 4 N–H and O–H groups in total. The Morgan fingerprint density at radius 3 is 2.33 bits per heavy atom. The van der Waals surface area contributed by atoms with E-state index in [4.69, 9.17) is 15.2 Å². The Hall–Kier alpha value is -4.09. The van der Waals surface area contributed by atoms with E-state index in [1.807, 2.05) is 12.1 Å². The molecule has 0 heterocycles. The molecular formula is C31H34N2O9. The number of ketones is 4. The number of phenolic OH excluding ortho intramolecular Hbond substituents is 1. The summed E-state index contributed by atoms with van der Waals surface area (Å²) in [7, 11) is 6.21. The van der Waals surface area contributed by atoms with Gasteiger partial charge in [-0.1, -0.05) is 12.1 Å². The average molecular weight is 579 g/mol. The summed E-state index contributed by atoms with van der Waals surface area (Å²) in [5.74, 6) is -9.37. The van der Waals surface area contributed by atoms with Crippen molar-refractivity contribution in [1.29, 1.82) is 0 Å². The van der Waals surface area contributed by atoms with Crippen LogP contribution in [0.3, 0.4) is 0 Å². The molecule has 3 aliphatic carbocycles. The van der Waals surface area contributed by atoms with Crippen LogP contribution in [0.4, 0.5) is 0 Å². The number of rotatable bonds is 7. The molecule has 0 bridgehead atoms. The second-order valence-corrected chi connectivity index (χ2v) is 11.6. The van der Waals surface area contributed by atoms with E-state index in [1.54, 1.807) is 40.4 Å². The number of hydrogen-bond donors (Lipinski definition) is 3. The molecule has 1 amide bonds. The summed E-state index contributed by atoms with van der Waals surface area (Å²) in [6.07, 6.45) is 1.33. The van der Waals surface area contributed by atoms with Crippen LogP contribution in [0.15, 0.2) is 30.3 Å². The minimum absolute atomic E-state index is 0.00796. The number of aromatic hydroxyl groups is 1. The number of aliphatic hydroxyl groups is 1. The van der Waals surface area contributed by atoms with Gasteiger partial charge in [0.1, 0.15) is 5.75 Å². The van der Waals surface area contributed by atoms with Crippen molar-refractivity contribution in [2.75, 3.05) is 28.3 Å². The van der Waals surface area contributed by atoms with Gasteiger partial charge in [0.05, 0.1) is 31.7 Å². The van der Waals surface area contributed by atoms with Gasteiger partial charge in [-0.2, -0.15) is 0 Å². The van der Waals surface area contributed by atoms with Crippen molar-refractivity contribution in [2.24, 2.45) is 29.4 Å². The lowest BCUT2D eigenvalue weighted by molar-refractivity contribution is -0.181. The van der Waals surface area contributed by atoms with Crippen LogP contribution in [0.2, 0.25) is 0 Å². The first kappa shape index (κ1) is 29.4. The lowest BCUT2D eigenvalue weighted by atomic mass is 9.52. The highest BCUT2D eigenvalue weighted by molar-refractivity contribution is 6.32. The van der Waals surface area contributed by atoms with Crippen molar-refractivity contribution in [3.63, 3.8) is 0 Å². The number of methoxy groups -OCH3 is 2. The Bertz CT molecular complexity index is 1520. The van der Waals surface area contributed by atoms with E-state index in [9.17, 15) is 34.2 Å². The number of nitrogens with two attached hydrogens (primary N) is 1. The van der Waals surface area contributed by atoms with E-state index in [2.05, 4.69) is 0 Å². The van der Waals surface area contributed by atoms with E-state index in [0.717, 1.165) is 11.1 Å². The molecule has 11 heteroatoms. The van der Waals surface area contributed by atoms with Gasteiger partial charge in [-0.3, -0.25) is 28.9 Å². The number of ether oxygens (including phenoxy) is 2. The molecule has 2 unspecified atom stereocenters. The predicted molar refractivity (Wildman–Crippen MR) is 148 cm³/mol. The first-order valence-electron chi connectivity index (χ1n) is 13.8. The quantitative estimate of drug-likeness (QED) is 0.396. The Balaban J connectivity index is 1.52. The first-order chi connectivity index (χ1) is 19.9. The molecule has 2 fully saturated rings. The van der Waals surface area contributed by atoms with E-state index in [0.29, 0.717) is 29.9 Å². The molecule has 42 heavy (non-hydrogen) atoms. The number of nitrogens with zero attached hydrogens (tertiary/aromatic N) is 1. The molecule has 11 nitrogen and oxygen atoms in total. The lowest BCUT2D eigenvalue weighted by Gasteiger charge is -2.52. The number of phenols is 1. The van der Waals surface area contributed by atoms with E-state index in [1.165, 1.54) is 11.0 Å². The van der Waals surface area contributed by atoms with E-state index in [-0.39, 0.29) is 24.2 Å². The molecule has 2 aromatic rings. The van der Waals surface area contributed by atoms with E-state index >= 15 is 0 Å². The third-order valence-electron chi connectivity index (χ3n) is 9.17. The summed E-state index contributed by atoms with van der Waals surface area (Å²) in [5, 5.41) is 22.4. The number of Topliss-reactive ketones (excluding diaryl/α,β-unsaturated/α-hetero) is 4. The zero-order chi connectivity index (χ0) is 30.7. The first-order valence-corrected chi connectivity index (χ1v) is 13.8. The Labute approximate surface area is 242 Å². The third kappa shape index (κ3) is 4.30. The van der Waals surface area contributed by atoms with Crippen LogP contribution < -0.4 is 15.2 Å². The second-order valence-electron chi connectivity index (χ2n) is 11.6. The molecule has 222 valence electrons. The number of fused-ring (bicyclic) bond motifs is 3. The molecule has 3 aliphatic rings. The van der Waals surface area contributed by atoms with Gasteiger partial charge in [0.25, 0.3) is 0 Å². The summed E-state index contributed by atoms with van der Waals surface area (Å²) in [4.78, 5) is 68.0. The van der Waals surface area contributed by atoms with Crippen molar-refractivity contribution >= 4 is 29.0 Å². The molecule has 0 saturated heterocycles. The van der Waals surface area contributed by atoms with Crippen LogP contribution in [-0.2, 0) is 38.4 Å². The highest BCUT2D eigenvalue weighted by Crippen LogP contribution is 2.51. The maximum atomic E-state index is 13.9. The van der Waals surface area contributed by atoms with Crippen LogP contribution in [0.5, 0.6) is 17.2 Å². The Kier molecular flexibility index (Phi) is 7.44. The minimum atomic E-state index is -2.74. The van der Waals surface area contributed by atoms with Crippen LogP contribution in [0.1, 0.15) is 33.5 Å². The normalized spacial score (nSPS) is 28.7. The number of amides is 1. The van der Waals surface area contributed by atoms with Crippen LogP contribution in [0, 0.1) is 23.7 Å². The van der Waals surface area contributed by atoms with Gasteiger partial charge in [-0.15, -0.1) is 0 Å².